The van der Waals surface area contributed by atoms with Gasteiger partial charge >= 0.3 is 0 Å². The van der Waals surface area contributed by atoms with E-state index in [1.54, 1.807) is 32.6 Å². The summed E-state index contributed by atoms with van der Waals surface area (Å²) in [6.07, 6.45) is 1.47. The van der Waals surface area contributed by atoms with Crippen LogP contribution in [0.25, 0.3) is 10.9 Å². The summed E-state index contributed by atoms with van der Waals surface area (Å²) in [6.45, 7) is 2.18. The molecule has 3 heterocycles. The molecule has 0 atom stereocenters. The second-order valence-corrected chi connectivity index (χ2v) is 9.17. The van der Waals surface area contributed by atoms with Crippen molar-refractivity contribution in [2.24, 2.45) is 0 Å². The van der Waals surface area contributed by atoms with Gasteiger partial charge in [-0.2, -0.15) is 0 Å². The molecule has 178 valence electrons. The van der Waals surface area contributed by atoms with Crippen LogP contribution in [-0.4, -0.2) is 63.1 Å². The number of thioether (sulfide) groups is 1. The molecule has 0 radical (unpaired) electrons. The summed E-state index contributed by atoms with van der Waals surface area (Å²) in [5.41, 5.74) is 1.47. The van der Waals surface area contributed by atoms with Gasteiger partial charge < -0.3 is 14.2 Å². The van der Waals surface area contributed by atoms with Crippen LogP contribution >= 0.6 is 11.8 Å². The minimum atomic E-state index is -0.165. The molecule has 1 saturated heterocycles. The third-order valence-electron chi connectivity index (χ3n) is 5.99. The van der Waals surface area contributed by atoms with E-state index in [1.807, 2.05) is 48.5 Å². The number of carbonyl (C=O) groups excluding carboxylic acids is 2. The molecule has 0 spiro atoms. The zero-order valence-electron chi connectivity index (χ0n) is 19.0. The Kier molecular flexibility index (Phi) is 6.67. The molecule has 1 aliphatic heterocycles. The van der Waals surface area contributed by atoms with E-state index in [0.717, 1.165) is 5.56 Å². The fourth-order valence-electron chi connectivity index (χ4n) is 4.10. The molecule has 0 N–H and O–H groups in total. The van der Waals surface area contributed by atoms with E-state index >= 15 is 0 Å². The molecule has 9 heteroatoms. The lowest BCUT2D eigenvalue weighted by Gasteiger charge is -2.34. The van der Waals surface area contributed by atoms with E-state index in [-0.39, 0.29) is 23.1 Å². The van der Waals surface area contributed by atoms with Crippen LogP contribution in [0, 0.1) is 0 Å². The van der Waals surface area contributed by atoms with E-state index in [0.29, 0.717) is 54.5 Å². The number of benzene rings is 2. The second kappa shape index (κ2) is 10.2. The Morgan fingerprint density at radius 1 is 0.886 bits per heavy atom. The Hall–Kier alpha value is -3.85. The summed E-state index contributed by atoms with van der Waals surface area (Å²) in [4.78, 5) is 46.8. The number of amides is 2. The van der Waals surface area contributed by atoms with Gasteiger partial charge in [-0.15, -0.1) is 0 Å². The van der Waals surface area contributed by atoms with Gasteiger partial charge in [0.1, 0.15) is 0 Å². The van der Waals surface area contributed by atoms with Crippen LogP contribution in [-0.2, 0) is 11.3 Å². The Labute approximate surface area is 206 Å². The Bertz CT molecular complexity index is 1390. The Morgan fingerprint density at radius 3 is 2.34 bits per heavy atom. The van der Waals surface area contributed by atoms with Gasteiger partial charge in [0.15, 0.2) is 10.9 Å². The molecule has 5 rings (SSSR count). The van der Waals surface area contributed by atoms with Crippen LogP contribution < -0.4 is 5.56 Å². The Morgan fingerprint density at radius 2 is 1.60 bits per heavy atom. The molecule has 0 saturated carbocycles. The molecule has 1 fully saturated rings. The molecular weight excluding hydrogens is 464 g/mol. The van der Waals surface area contributed by atoms with E-state index in [9.17, 15) is 14.4 Å². The predicted molar refractivity (Wildman–Crippen MR) is 133 cm³/mol. The summed E-state index contributed by atoms with van der Waals surface area (Å²) in [7, 11) is 0. The van der Waals surface area contributed by atoms with Crippen molar-refractivity contribution in [2.75, 3.05) is 31.9 Å². The number of rotatable bonds is 6. The van der Waals surface area contributed by atoms with Gasteiger partial charge in [0, 0.05) is 26.2 Å². The number of furan rings is 1. The van der Waals surface area contributed by atoms with Crippen LogP contribution in [0.2, 0.25) is 0 Å². The van der Waals surface area contributed by atoms with Crippen molar-refractivity contribution in [2.45, 2.75) is 11.7 Å². The monoisotopic (exact) mass is 488 g/mol. The number of piperazine rings is 1. The van der Waals surface area contributed by atoms with Crippen LogP contribution in [0.5, 0.6) is 0 Å². The highest BCUT2D eigenvalue weighted by molar-refractivity contribution is 7.99. The van der Waals surface area contributed by atoms with Gasteiger partial charge in [0.05, 0.1) is 29.5 Å². The molecule has 0 aliphatic carbocycles. The first-order valence-electron chi connectivity index (χ1n) is 11.4. The first kappa shape index (κ1) is 22.9. The fourth-order valence-corrected chi connectivity index (χ4v) is 5.00. The number of fused-ring (bicyclic) bond motifs is 1. The lowest BCUT2D eigenvalue weighted by molar-refractivity contribution is -0.129. The average Bonchev–Trinajstić information content (AvgIpc) is 3.45. The van der Waals surface area contributed by atoms with Crippen LogP contribution in [0.3, 0.4) is 0 Å². The topological polar surface area (TPSA) is 88.7 Å². The fraction of sp³-hybridized carbons (Fsp3) is 0.231. The Balaban J connectivity index is 1.29. The summed E-state index contributed by atoms with van der Waals surface area (Å²) in [6, 6.07) is 20.3. The van der Waals surface area contributed by atoms with E-state index in [1.165, 1.54) is 18.0 Å². The van der Waals surface area contributed by atoms with E-state index in [4.69, 9.17) is 9.40 Å². The highest BCUT2D eigenvalue weighted by Crippen LogP contribution is 2.20. The molecule has 0 bridgehead atoms. The highest BCUT2D eigenvalue weighted by Gasteiger charge is 2.26. The van der Waals surface area contributed by atoms with Gasteiger partial charge in [-0.3, -0.25) is 19.0 Å². The third kappa shape index (κ3) is 5.00. The second-order valence-electron chi connectivity index (χ2n) is 8.23. The van der Waals surface area contributed by atoms with Crippen molar-refractivity contribution >= 4 is 34.5 Å². The van der Waals surface area contributed by atoms with Crippen molar-refractivity contribution in [1.29, 1.82) is 0 Å². The lowest BCUT2D eigenvalue weighted by atomic mass is 10.2. The molecule has 35 heavy (non-hydrogen) atoms. The molecule has 2 aromatic heterocycles. The van der Waals surface area contributed by atoms with Crippen molar-refractivity contribution in [3.8, 4) is 0 Å². The number of nitrogens with zero attached hydrogens (tertiary/aromatic N) is 4. The van der Waals surface area contributed by atoms with Crippen molar-refractivity contribution < 1.29 is 14.0 Å². The molecule has 4 aromatic rings. The minimum Gasteiger partial charge on any atom is -0.459 e. The zero-order chi connectivity index (χ0) is 24.2. The predicted octanol–water partition coefficient (Wildman–Crippen LogP) is 3.11. The van der Waals surface area contributed by atoms with Crippen LogP contribution in [0.1, 0.15) is 16.1 Å². The average molecular weight is 489 g/mol. The number of aromatic nitrogens is 2. The number of para-hydroxylation sites is 1. The van der Waals surface area contributed by atoms with Crippen LogP contribution in [0.15, 0.2) is 87.4 Å². The standard InChI is InChI=1S/C26H24N4O4S/c31-23(28-12-14-29(15-13-28)25(33)22-11-6-16-34-22)18-35-26-27-21-10-5-4-9-20(21)24(32)30(26)17-19-7-2-1-3-8-19/h1-11,16H,12-15,17-18H2. The summed E-state index contributed by atoms with van der Waals surface area (Å²) < 4.78 is 6.83. The minimum absolute atomic E-state index is 0.0474. The summed E-state index contributed by atoms with van der Waals surface area (Å²) >= 11 is 1.27. The molecule has 1 aliphatic rings. The lowest BCUT2D eigenvalue weighted by Crippen LogP contribution is -2.51. The number of carbonyl (C=O) groups is 2. The summed E-state index contributed by atoms with van der Waals surface area (Å²) in [5, 5.41) is 1.06. The van der Waals surface area contributed by atoms with E-state index in [2.05, 4.69) is 0 Å². The first-order chi connectivity index (χ1) is 17.1. The number of hydrogen-bond acceptors (Lipinski definition) is 6. The summed E-state index contributed by atoms with van der Waals surface area (Å²) in [5.74, 6) is 0.251. The van der Waals surface area contributed by atoms with Crippen LogP contribution in [0.4, 0.5) is 0 Å². The maximum atomic E-state index is 13.3. The smallest absolute Gasteiger partial charge is 0.289 e. The highest BCUT2D eigenvalue weighted by atomic mass is 32.2. The molecule has 0 unspecified atom stereocenters. The normalized spacial score (nSPS) is 13.8. The van der Waals surface area contributed by atoms with Gasteiger partial charge in [0.2, 0.25) is 5.91 Å². The SMILES string of the molecule is O=C(CSc1nc2ccccc2c(=O)n1Cc1ccccc1)N1CCN(C(=O)c2ccco2)CC1. The molecular formula is C26H24N4O4S. The van der Waals surface area contributed by atoms with Gasteiger partial charge in [0.25, 0.3) is 11.5 Å². The van der Waals surface area contributed by atoms with Crippen molar-refractivity contribution in [3.63, 3.8) is 0 Å². The zero-order valence-corrected chi connectivity index (χ0v) is 19.8. The molecule has 8 nitrogen and oxygen atoms in total. The van der Waals surface area contributed by atoms with Gasteiger partial charge in [-0.25, -0.2) is 4.98 Å². The largest absolute Gasteiger partial charge is 0.459 e. The van der Waals surface area contributed by atoms with Gasteiger partial charge in [-0.1, -0.05) is 54.2 Å². The van der Waals surface area contributed by atoms with E-state index < -0.39 is 0 Å². The van der Waals surface area contributed by atoms with Gasteiger partial charge in [-0.05, 0) is 29.8 Å². The first-order valence-corrected chi connectivity index (χ1v) is 12.4. The maximum Gasteiger partial charge on any atom is 0.289 e. The van der Waals surface area contributed by atoms with Crippen molar-refractivity contribution in [3.05, 3.63) is 94.7 Å². The van der Waals surface area contributed by atoms with Crippen molar-refractivity contribution in [1.82, 2.24) is 19.4 Å². The number of hydrogen-bond donors (Lipinski definition) is 0. The molecule has 2 amide bonds. The quantitative estimate of drug-likeness (QED) is 0.306. The third-order valence-corrected chi connectivity index (χ3v) is 6.95. The molecule has 2 aromatic carbocycles. The maximum absolute atomic E-state index is 13.3.